The summed E-state index contributed by atoms with van der Waals surface area (Å²) < 4.78 is 5.17. The van der Waals surface area contributed by atoms with E-state index in [-0.39, 0.29) is 11.9 Å². The predicted molar refractivity (Wildman–Crippen MR) is 74.2 cm³/mol. The highest BCUT2D eigenvalue weighted by Gasteiger charge is 2.38. The van der Waals surface area contributed by atoms with E-state index in [0.717, 1.165) is 12.3 Å². The van der Waals surface area contributed by atoms with Crippen LogP contribution in [0.3, 0.4) is 0 Å². The van der Waals surface area contributed by atoms with Gasteiger partial charge in [0.25, 0.3) is 5.91 Å². The van der Waals surface area contributed by atoms with Gasteiger partial charge in [0, 0.05) is 25.5 Å². The largest absolute Gasteiger partial charge is 0.497 e. The highest BCUT2D eigenvalue weighted by Crippen LogP contribution is 2.17. The Labute approximate surface area is 114 Å². The molecule has 104 valence electrons. The quantitative estimate of drug-likeness (QED) is 0.779. The molecule has 1 saturated carbocycles. The first-order valence-corrected chi connectivity index (χ1v) is 6.85. The van der Waals surface area contributed by atoms with Crippen LogP contribution in [0.25, 0.3) is 0 Å². The lowest BCUT2D eigenvalue weighted by atomic mass is 10.1. The predicted octanol–water partition coefficient (Wildman–Crippen LogP) is 0.377. The van der Waals surface area contributed by atoms with Crippen LogP contribution in [0.15, 0.2) is 24.3 Å². The van der Waals surface area contributed by atoms with E-state index in [2.05, 4.69) is 17.4 Å². The van der Waals surface area contributed by atoms with Crippen molar-refractivity contribution in [2.24, 2.45) is 0 Å². The van der Waals surface area contributed by atoms with Crippen LogP contribution in [0.1, 0.15) is 25.3 Å². The minimum atomic E-state index is -0.000369. The van der Waals surface area contributed by atoms with Gasteiger partial charge in [-0.2, -0.15) is 0 Å². The molecular formula is C15H23N2O2+. The van der Waals surface area contributed by atoms with E-state index >= 15 is 0 Å². The first kappa shape index (κ1) is 13.9. The van der Waals surface area contributed by atoms with Crippen LogP contribution in [0.5, 0.6) is 5.75 Å². The van der Waals surface area contributed by atoms with Crippen LogP contribution in [0.4, 0.5) is 0 Å². The SMILES string of the molecule is CNC(=O)[C@H](C)[NH+](Cc1ccc(OC)cc1)C1CC1. The summed E-state index contributed by atoms with van der Waals surface area (Å²) in [4.78, 5) is 13.2. The third-order valence-electron chi connectivity index (χ3n) is 3.86. The average Bonchev–Trinajstić information content (AvgIpc) is 3.28. The molecule has 0 heterocycles. The van der Waals surface area contributed by atoms with Crippen LogP contribution in [-0.4, -0.2) is 32.1 Å². The zero-order valence-electron chi connectivity index (χ0n) is 11.9. The van der Waals surface area contributed by atoms with Gasteiger partial charge in [0.05, 0.1) is 13.2 Å². The van der Waals surface area contributed by atoms with E-state index in [1.807, 2.05) is 19.1 Å². The zero-order chi connectivity index (χ0) is 13.8. The zero-order valence-corrected chi connectivity index (χ0v) is 11.9. The molecule has 0 spiro atoms. The summed E-state index contributed by atoms with van der Waals surface area (Å²) in [6, 6.07) is 8.75. The lowest BCUT2D eigenvalue weighted by Gasteiger charge is -2.25. The number of nitrogens with one attached hydrogen (secondary N) is 2. The van der Waals surface area contributed by atoms with Crippen LogP contribution < -0.4 is 15.0 Å². The summed E-state index contributed by atoms with van der Waals surface area (Å²) in [7, 11) is 3.38. The molecular weight excluding hydrogens is 240 g/mol. The van der Waals surface area contributed by atoms with Gasteiger partial charge >= 0.3 is 0 Å². The molecule has 1 aromatic rings. The normalized spacial score (nSPS) is 17.6. The van der Waals surface area contributed by atoms with Crippen molar-refractivity contribution >= 4 is 5.91 Å². The fraction of sp³-hybridized carbons (Fsp3) is 0.533. The summed E-state index contributed by atoms with van der Waals surface area (Å²) in [6.45, 7) is 2.90. The molecule has 1 aliphatic rings. The van der Waals surface area contributed by atoms with Crippen LogP contribution in [-0.2, 0) is 11.3 Å². The van der Waals surface area contributed by atoms with Crippen molar-refractivity contribution in [3.63, 3.8) is 0 Å². The second-order valence-electron chi connectivity index (χ2n) is 5.21. The van der Waals surface area contributed by atoms with E-state index < -0.39 is 0 Å². The second kappa shape index (κ2) is 6.06. The number of hydrogen-bond acceptors (Lipinski definition) is 2. The number of carbonyl (C=O) groups is 1. The van der Waals surface area contributed by atoms with Crippen molar-refractivity contribution in [3.05, 3.63) is 29.8 Å². The molecule has 0 saturated heterocycles. The number of ether oxygens (including phenoxy) is 1. The molecule has 1 unspecified atom stereocenters. The first-order valence-electron chi connectivity index (χ1n) is 6.85. The average molecular weight is 263 g/mol. The van der Waals surface area contributed by atoms with E-state index in [0.29, 0.717) is 6.04 Å². The number of rotatable bonds is 6. The summed E-state index contributed by atoms with van der Waals surface area (Å²) in [6.07, 6.45) is 2.46. The Kier molecular flexibility index (Phi) is 4.43. The van der Waals surface area contributed by atoms with Gasteiger partial charge in [0.15, 0.2) is 6.04 Å². The number of amides is 1. The van der Waals surface area contributed by atoms with Crippen molar-refractivity contribution in [2.75, 3.05) is 14.2 Å². The highest BCUT2D eigenvalue weighted by atomic mass is 16.5. The summed E-state index contributed by atoms with van der Waals surface area (Å²) >= 11 is 0. The van der Waals surface area contributed by atoms with Gasteiger partial charge in [-0.05, 0) is 31.2 Å². The topological polar surface area (TPSA) is 42.8 Å². The lowest BCUT2D eigenvalue weighted by molar-refractivity contribution is -0.938. The smallest absolute Gasteiger partial charge is 0.277 e. The maximum atomic E-state index is 11.8. The maximum Gasteiger partial charge on any atom is 0.277 e. The van der Waals surface area contributed by atoms with Crippen LogP contribution >= 0.6 is 0 Å². The van der Waals surface area contributed by atoms with Gasteiger partial charge in [0.2, 0.25) is 0 Å². The number of carbonyl (C=O) groups excluding carboxylic acids is 1. The highest BCUT2D eigenvalue weighted by molar-refractivity contribution is 5.79. The molecule has 1 amide bonds. The Morgan fingerprint density at radius 1 is 1.42 bits per heavy atom. The van der Waals surface area contributed by atoms with Gasteiger partial charge < -0.3 is 15.0 Å². The molecule has 0 aromatic heterocycles. The molecule has 2 rings (SSSR count). The maximum absolute atomic E-state index is 11.8. The standard InChI is InChI=1S/C15H22N2O2/c1-11(15(18)16-2)17(13-6-7-13)10-12-4-8-14(19-3)9-5-12/h4-5,8-9,11,13H,6-7,10H2,1-3H3,(H,16,18)/p+1/t11-/m0/s1. The Morgan fingerprint density at radius 3 is 2.53 bits per heavy atom. The summed E-state index contributed by atoms with van der Waals surface area (Å²) in [5, 5.41) is 2.75. The van der Waals surface area contributed by atoms with Crippen molar-refractivity contribution in [1.29, 1.82) is 0 Å². The van der Waals surface area contributed by atoms with Gasteiger partial charge in [-0.1, -0.05) is 0 Å². The van der Waals surface area contributed by atoms with Gasteiger partial charge in [-0.25, -0.2) is 0 Å². The van der Waals surface area contributed by atoms with Gasteiger partial charge in [0.1, 0.15) is 12.3 Å². The number of quaternary nitrogens is 1. The van der Waals surface area contributed by atoms with Crippen molar-refractivity contribution in [2.45, 2.75) is 38.4 Å². The Morgan fingerprint density at radius 2 is 2.05 bits per heavy atom. The Bertz CT molecular complexity index is 426. The van der Waals surface area contributed by atoms with Crippen LogP contribution in [0, 0.1) is 0 Å². The van der Waals surface area contributed by atoms with Crippen molar-refractivity contribution in [1.82, 2.24) is 5.32 Å². The molecule has 1 fully saturated rings. The second-order valence-corrected chi connectivity index (χ2v) is 5.21. The Hall–Kier alpha value is -1.55. The van der Waals surface area contributed by atoms with E-state index in [9.17, 15) is 4.79 Å². The van der Waals surface area contributed by atoms with Crippen LogP contribution in [0.2, 0.25) is 0 Å². The Balaban J connectivity index is 2.05. The minimum absolute atomic E-state index is 0.000369. The molecule has 4 nitrogen and oxygen atoms in total. The molecule has 1 aliphatic carbocycles. The van der Waals surface area contributed by atoms with E-state index in [4.69, 9.17) is 4.74 Å². The molecule has 2 N–H and O–H groups in total. The van der Waals surface area contributed by atoms with E-state index in [1.165, 1.54) is 23.3 Å². The number of likely N-dealkylation sites (N-methyl/N-ethyl adjacent to an activating group) is 1. The third kappa shape index (κ3) is 3.47. The molecule has 1 aromatic carbocycles. The number of methoxy groups -OCH3 is 1. The third-order valence-corrected chi connectivity index (χ3v) is 3.86. The fourth-order valence-electron chi connectivity index (χ4n) is 2.47. The first-order chi connectivity index (χ1) is 9.15. The van der Waals surface area contributed by atoms with Crippen molar-refractivity contribution < 1.29 is 14.4 Å². The van der Waals surface area contributed by atoms with Gasteiger partial charge in [-0.3, -0.25) is 4.79 Å². The number of benzene rings is 1. The fourth-order valence-corrected chi connectivity index (χ4v) is 2.47. The molecule has 2 atom stereocenters. The minimum Gasteiger partial charge on any atom is -0.497 e. The number of hydrogen-bond donors (Lipinski definition) is 2. The lowest BCUT2D eigenvalue weighted by Crippen LogP contribution is -3.16. The van der Waals surface area contributed by atoms with Crippen molar-refractivity contribution in [3.8, 4) is 5.75 Å². The molecule has 0 radical (unpaired) electrons. The summed E-state index contributed by atoms with van der Waals surface area (Å²) in [5.41, 5.74) is 1.25. The molecule has 0 aliphatic heterocycles. The summed E-state index contributed by atoms with van der Waals surface area (Å²) in [5.74, 6) is 0.992. The molecule has 4 heteroatoms. The molecule has 0 bridgehead atoms. The monoisotopic (exact) mass is 263 g/mol. The molecule has 19 heavy (non-hydrogen) atoms. The van der Waals surface area contributed by atoms with Gasteiger partial charge in [-0.15, -0.1) is 0 Å². The van der Waals surface area contributed by atoms with E-state index in [1.54, 1.807) is 14.2 Å².